The number of aromatic nitrogens is 2. The highest BCUT2D eigenvalue weighted by Gasteiger charge is 2.22. The fourth-order valence-corrected chi connectivity index (χ4v) is 3.09. The number of anilines is 2. The number of amides is 1. The van der Waals surface area contributed by atoms with Gasteiger partial charge in [-0.05, 0) is 55.1 Å². The van der Waals surface area contributed by atoms with E-state index in [1.54, 1.807) is 13.2 Å². The molecular formula is C18H23N5O. The molecule has 1 aliphatic rings. The van der Waals surface area contributed by atoms with Crippen LogP contribution < -0.4 is 10.6 Å². The smallest absolute Gasteiger partial charge is 0.233 e. The van der Waals surface area contributed by atoms with Crippen molar-refractivity contribution in [2.45, 2.75) is 18.8 Å². The van der Waals surface area contributed by atoms with Crippen LogP contribution in [0.4, 0.5) is 11.6 Å². The molecule has 6 heteroatoms. The maximum absolute atomic E-state index is 11.6. The minimum atomic E-state index is 0.0721. The monoisotopic (exact) mass is 325 g/mol. The summed E-state index contributed by atoms with van der Waals surface area (Å²) in [5.41, 5.74) is 1.25. The minimum Gasteiger partial charge on any atom is -0.358 e. The van der Waals surface area contributed by atoms with E-state index in [9.17, 15) is 4.79 Å². The lowest BCUT2D eigenvalue weighted by Crippen LogP contribution is -2.41. The first-order valence-electron chi connectivity index (χ1n) is 8.31. The van der Waals surface area contributed by atoms with Crippen LogP contribution in [0.15, 0.2) is 42.7 Å². The van der Waals surface area contributed by atoms with Crippen LogP contribution >= 0.6 is 0 Å². The molecule has 0 spiro atoms. The van der Waals surface area contributed by atoms with E-state index in [1.165, 1.54) is 5.56 Å². The van der Waals surface area contributed by atoms with Gasteiger partial charge in [0, 0.05) is 26.0 Å². The predicted octanol–water partition coefficient (Wildman–Crippen LogP) is 2.15. The highest BCUT2D eigenvalue weighted by molar-refractivity contribution is 5.77. The van der Waals surface area contributed by atoms with Crippen molar-refractivity contribution in [1.82, 2.24) is 20.2 Å². The summed E-state index contributed by atoms with van der Waals surface area (Å²) in [5.74, 6) is 2.08. The number of likely N-dealkylation sites (N-methyl/N-ethyl adjacent to an activating group) is 1. The molecule has 6 nitrogen and oxygen atoms in total. The summed E-state index contributed by atoms with van der Waals surface area (Å²) in [4.78, 5) is 22.5. The first-order valence-corrected chi connectivity index (χ1v) is 8.31. The molecule has 0 aromatic carbocycles. The number of rotatable bonds is 5. The molecule has 0 aliphatic carbocycles. The Bertz CT molecular complexity index is 676. The Hall–Kier alpha value is -2.47. The molecule has 0 saturated carbocycles. The van der Waals surface area contributed by atoms with Gasteiger partial charge in [0.1, 0.15) is 11.6 Å². The summed E-state index contributed by atoms with van der Waals surface area (Å²) < 4.78 is 0. The van der Waals surface area contributed by atoms with Crippen LogP contribution in [0.25, 0.3) is 0 Å². The van der Waals surface area contributed by atoms with Crippen molar-refractivity contribution in [1.29, 1.82) is 0 Å². The van der Waals surface area contributed by atoms with E-state index in [-0.39, 0.29) is 5.91 Å². The zero-order valence-corrected chi connectivity index (χ0v) is 13.9. The molecule has 2 aromatic rings. The van der Waals surface area contributed by atoms with Gasteiger partial charge in [-0.1, -0.05) is 6.07 Å². The van der Waals surface area contributed by atoms with Crippen molar-refractivity contribution in [3.05, 3.63) is 48.3 Å². The van der Waals surface area contributed by atoms with Gasteiger partial charge in [0.25, 0.3) is 0 Å². The number of piperidine rings is 1. The van der Waals surface area contributed by atoms with Gasteiger partial charge in [-0.25, -0.2) is 9.97 Å². The van der Waals surface area contributed by atoms with Gasteiger partial charge in [0.15, 0.2) is 0 Å². The average molecular weight is 325 g/mol. The third kappa shape index (κ3) is 4.29. The Labute approximate surface area is 142 Å². The number of hydrogen-bond donors (Lipinski definition) is 2. The lowest BCUT2D eigenvalue weighted by molar-refractivity contribution is -0.122. The van der Waals surface area contributed by atoms with E-state index in [2.05, 4.69) is 37.6 Å². The molecule has 2 aromatic heterocycles. The van der Waals surface area contributed by atoms with Crippen LogP contribution in [0.5, 0.6) is 0 Å². The van der Waals surface area contributed by atoms with Crippen LogP contribution in [-0.4, -0.2) is 47.5 Å². The van der Waals surface area contributed by atoms with Gasteiger partial charge in [-0.15, -0.1) is 0 Å². The largest absolute Gasteiger partial charge is 0.358 e. The SMILES string of the molecule is CNC(=O)CN1CCC[C@@H](c2ccnc(Nc3ccccn3)c2)C1. The molecular weight excluding hydrogens is 302 g/mol. The van der Waals surface area contributed by atoms with Crippen molar-refractivity contribution in [2.24, 2.45) is 0 Å². The van der Waals surface area contributed by atoms with Gasteiger partial charge < -0.3 is 10.6 Å². The summed E-state index contributed by atoms with van der Waals surface area (Å²) in [6.45, 7) is 2.35. The molecule has 1 aliphatic heterocycles. The van der Waals surface area contributed by atoms with Gasteiger partial charge in [0.05, 0.1) is 6.54 Å². The number of nitrogens with zero attached hydrogens (tertiary/aromatic N) is 3. The average Bonchev–Trinajstić information content (AvgIpc) is 2.63. The van der Waals surface area contributed by atoms with Gasteiger partial charge >= 0.3 is 0 Å². The van der Waals surface area contributed by atoms with E-state index < -0.39 is 0 Å². The maximum atomic E-state index is 11.6. The third-order valence-electron chi connectivity index (χ3n) is 4.33. The number of likely N-dealkylation sites (tertiary alicyclic amines) is 1. The standard InChI is InChI=1S/C18H23N5O/c1-19-18(24)13-23-10-4-5-15(12-23)14-7-9-21-17(11-14)22-16-6-2-3-8-20-16/h2-3,6-9,11,15H,4-5,10,12-13H2,1H3,(H,19,24)(H,20,21,22)/t15-/m1/s1. The molecule has 126 valence electrons. The summed E-state index contributed by atoms with van der Waals surface area (Å²) in [6, 6.07) is 9.90. The Kier molecular flexibility index (Phi) is 5.38. The van der Waals surface area contributed by atoms with Crippen molar-refractivity contribution in [3.63, 3.8) is 0 Å². The lowest BCUT2D eigenvalue weighted by Gasteiger charge is -2.32. The molecule has 3 heterocycles. The quantitative estimate of drug-likeness (QED) is 0.881. The van der Waals surface area contributed by atoms with Crippen LogP contribution in [0.2, 0.25) is 0 Å². The lowest BCUT2D eigenvalue weighted by atomic mass is 9.91. The number of carbonyl (C=O) groups excluding carboxylic acids is 1. The molecule has 1 amide bonds. The van der Waals surface area contributed by atoms with Crippen LogP contribution in [0.1, 0.15) is 24.3 Å². The van der Waals surface area contributed by atoms with E-state index >= 15 is 0 Å². The molecule has 2 N–H and O–H groups in total. The fourth-order valence-electron chi connectivity index (χ4n) is 3.09. The van der Waals surface area contributed by atoms with Gasteiger partial charge in [-0.3, -0.25) is 9.69 Å². The Morgan fingerprint density at radius 3 is 2.92 bits per heavy atom. The molecule has 1 saturated heterocycles. The summed E-state index contributed by atoms with van der Waals surface area (Å²) in [6.07, 6.45) is 5.83. The number of carbonyl (C=O) groups is 1. The fraction of sp³-hybridized carbons (Fsp3) is 0.389. The Morgan fingerprint density at radius 1 is 1.25 bits per heavy atom. The second kappa shape index (κ2) is 7.88. The number of hydrogen-bond acceptors (Lipinski definition) is 5. The highest BCUT2D eigenvalue weighted by Crippen LogP contribution is 2.28. The van der Waals surface area contributed by atoms with E-state index in [4.69, 9.17) is 0 Å². The molecule has 1 atom stereocenters. The second-order valence-corrected chi connectivity index (χ2v) is 6.06. The van der Waals surface area contributed by atoms with Crippen molar-refractivity contribution < 1.29 is 4.79 Å². The van der Waals surface area contributed by atoms with E-state index in [0.29, 0.717) is 12.5 Å². The second-order valence-electron chi connectivity index (χ2n) is 6.06. The molecule has 24 heavy (non-hydrogen) atoms. The maximum Gasteiger partial charge on any atom is 0.233 e. The third-order valence-corrected chi connectivity index (χ3v) is 4.33. The first-order chi connectivity index (χ1) is 11.7. The number of pyridine rings is 2. The van der Waals surface area contributed by atoms with Crippen molar-refractivity contribution in [3.8, 4) is 0 Å². The van der Waals surface area contributed by atoms with Gasteiger partial charge in [0.2, 0.25) is 5.91 Å². The van der Waals surface area contributed by atoms with Crippen molar-refractivity contribution in [2.75, 3.05) is 32.0 Å². The first kappa shape index (κ1) is 16.4. The van der Waals surface area contributed by atoms with Crippen molar-refractivity contribution >= 4 is 17.5 Å². The zero-order chi connectivity index (χ0) is 16.8. The number of nitrogens with one attached hydrogen (secondary N) is 2. The van der Waals surface area contributed by atoms with Gasteiger partial charge in [-0.2, -0.15) is 0 Å². The van der Waals surface area contributed by atoms with Crippen LogP contribution in [0.3, 0.4) is 0 Å². The Morgan fingerprint density at radius 2 is 2.12 bits per heavy atom. The topological polar surface area (TPSA) is 70.2 Å². The van der Waals surface area contributed by atoms with Crippen LogP contribution in [0, 0.1) is 0 Å². The highest BCUT2D eigenvalue weighted by atomic mass is 16.1. The molecule has 0 radical (unpaired) electrons. The van der Waals surface area contributed by atoms with Crippen LogP contribution in [-0.2, 0) is 4.79 Å². The van der Waals surface area contributed by atoms with E-state index in [0.717, 1.165) is 37.6 Å². The normalized spacial score (nSPS) is 18.1. The molecule has 0 unspecified atom stereocenters. The minimum absolute atomic E-state index is 0.0721. The molecule has 0 bridgehead atoms. The summed E-state index contributed by atoms with van der Waals surface area (Å²) in [7, 11) is 1.68. The Balaban J connectivity index is 1.68. The molecule has 1 fully saturated rings. The predicted molar refractivity (Wildman–Crippen MR) is 94.2 cm³/mol. The van der Waals surface area contributed by atoms with E-state index in [1.807, 2.05) is 24.4 Å². The summed E-state index contributed by atoms with van der Waals surface area (Å²) in [5, 5.41) is 5.93. The summed E-state index contributed by atoms with van der Waals surface area (Å²) >= 11 is 0. The molecule has 3 rings (SSSR count). The zero-order valence-electron chi connectivity index (χ0n) is 13.9.